The van der Waals surface area contributed by atoms with Crippen LogP contribution in [0.5, 0.6) is 0 Å². The normalized spacial score (nSPS) is 12.6. The monoisotopic (exact) mass is 264 g/mol. The number of rotatable bonds is 6. The van der Waals surface area contributed by atoms with Gasteiger partial charge in [0.15, 0.2) is 0 Å². The van der Waals surface area contributed by atoms with E-state index in [1.807, 2.05) is 0 Å². The molecule has 2 heterocycles. The molecule has 2 aromatic rings. The van der Waals surface area contributed by atoms with Crippen LogP contribution in [-0.2, 0) is 6.42 Å². The fraction of sp³-hybridized carbons (Fsp3) is 0.357. The topological polar surface area (TPSA) is 24.9 Å². The summed E-state index contributed by atoms with van der Waals surface area (Å²) in [4.78, 5) is 3.92. The first-order valence-electron chi connectivity index (χ1n) is 6.14. The standard InChI is InChI=1S/C14H17FN2S/c1-2-17-14(4-3-11-5-6-18-10-11)12-7-13(15)9-16-8-12/h5-10,14,17H,2-4H2,1H3. The van der Waals surface area contributed by atoms with E-state index >= 15 is 0 Å². The van der Waals surface area contributed by atoms with Crippen molar-refractivity contribution in [2.75, 3.05) is 6.54 Å². The largest absolute Gasteiger partial charge is 0.310 e. The molecule has 2 aromatic heterocycles. The molecule has 0 saturated carbocycles. The molecule has 2 nitrogen and oxygen atoms in total. The van der Waals surface area contributed by atoms with Gasteiger partial charge in [-0.2, -0.15) is 11.3 Å². The predicted molar refractivity (Wildman–Crippen MR) is 73.3 cm³/mol. The summed E-state index contributed by atoms with van der Waals surface area (Å²) in [5, 5.41) is 7.63. The second kappa shape index (κ2) is 6.61. The fourth-order valence-corrected chi connectivity index (χ4v) is 2.70. The molecular formula is C14H17FN2S. The zero-order valence-electron chi connectivity index (χ0n) is 10.4. The van der Waals surface area contributed by atoms with Crippen LogP contribution in [0.15, 0.2) is 35.3 Å². The lowest BCUT2D eigenvalue weighted by atomic mass is 10.0. The second-order valence-corrected chi connectivity index (χ2v) is 5.00. The number of halogens is 1. The van der Waals surface area contributed by atoms with Crippen molar-refractivity contribution in [2.45, 2.75) is 25.8 Å². The van der Waals surface area contributed by atoms with Gasteiger partial charge in [-0.05, 0) is 53.4 Å². The van der Waals surface area contributed by atoms with E-state index < -0.39 is 0 Å². The number of nitrogens with one attached hydrogen (secondary N) is 1. The molecule has 0 aromatic carbocycles. The summed E-state index contributed by atoms with van der Waals surface area (Å²) in [6.45, 7) is 2.93. The van der Waals surface area contributed by atoms with Crippen molar-refractivity contribution in [2.24, 2.45) is 0 Å². The summed E-state index contributed by atoms with van der Waals surface area (Å²) in [5.74, 6) is -0.272. The molecule has 18 heavy (non-hydrogen) atoms. The lowest BCUT2D eigenvalue weighted by Gasteiger charge is -2.17. The average molecular weight is 264 g/mol. The molecule has 96 valence electrons. The van der Waals surface area contributed by atoms with Crippen molar-refractivity contribution in [3.05, 3.63) is 52.2 Å². The Morgan fingerprint density at radius 2 is 2.33 bits per heavy atom. The zero-order valence-corrected chi connectivity index (χ0v) is 11.2. The summed E-state index contributed by atoms with van der Waals surface area (Å²) in [7, 11) is 0. The quantitative estimate of drug-likeness (QED) is 0.863. The fourth-order valence-electron chi connectivity index (χ4n) is 2.00. The molecule has 0 aliphatic rings. The number of thiophene rings is 1. The maximum Gasteiger partial charge on any atom is 0.141 e. The van der Waals surface area contributed by atoms with E-state index in [4.69, 9.17) is 0 Å². The third-order valence-corrected chi connectivity index (χ3v) is 3.61. The summed E-state index contributed by atoms with van der Waals surface area (Å²) in [5.41, 5.74) is 2.26. The number of aryl methyl sites for hydroxylation is 1. The van der Waals surface area contributed by atoms with Crippen molar-refractivity contribution >= 4 is 11.3 Å². The van der Waals surface area contributed by atoms with E-state index in [9.17, 15) is 4.39 Å². The molecule has 0 fully saturated rings. The summed E-state index contributed by atoms with van der Waals surface area (Å²) < 4.78 is 13.2. The van der Waals surface area contributed by atoms with Crippen molar-refractivity contribution in [3.63, 3.8) is 0 Å². The van der Waals surface area contributed by atoms with Gasteiger partial charge in [-0.15, -0.1) is 0 Å². The van der Waals surface area contributed by atoms with Gasteiger partial charge in [-0.1, -0.05) is 6.92 Å². The molecule has 1 atom stereocenters. The van der Waals surface area contributed by atoms with Crippen LogP contribution in [0.3, 0.4) is 0 Å². The van der Waals surface area contributed by atoms with Crippen LogP contribution in [0.2, 0.25) is 0 Å². The van der Waals surface area contributed by atoms with E-state index in [0.29, 0.717) is 0 Å². The lowest BCUT2D eigenvalue weighted by Crippen LogP contribution is -2.21. The van der Waals surface area contributed by atoms with Gasteiger partial charge in [0, 0.05) is 12.2 Å². The summed E-state index contributed by atoms with van der Waals surface area (Å²) in [6.07, 6.45) is 4.93. The van der Waals surface area contributed by atoms with Crippen molar-refractivity contribution in [1.29, 1.82) is 0 Å². The van der Waals surface area contributed by atoms with Crippen LogP contribution in [-0.4, -0.2) is 11.5 Å². The maximum atomic E-state index is 13.2. The summed E-state index contributed by atoms with van der Waals surface area (Å²) >= 11 is 1.71. The molecular weight excluding hydrogens is 247 g/mol. The number of hydrogen-bond acceptors (Lipinski definition) is 3. The Labute approximate surface area is 111 Å². The Morgan fingerprint density at radius 1 is 1.44 bits per heavy atom. The van der Waals surface area contributed by atoms with E-state index in [1.54, 1.807) is 23.6 Å². The van der Waals surface area contributed by atoms with Crippen LogP contribution < -0.4 is 5.32 Å². The highest BCUT2D eigenvalue weighted by atomic mass is 32.1. The third kappa shape index (κ3) is 3.62. The molecule has 0 saturated heterocycles. The van der Waals surface area contributed by atoms with E-state index in [1.165, 1.54) is 11.8 Å². The SMILES string of the molecule is CCNC(CCc1ccsc1)c1cncc(F)c1. The van der Waals surface area contributed by atoms with E-state index in [0.717, 1.165) is 24.9 Å². The minimum atomic E-state index is -0.272. The van der Waals surface area contributed by atoms with Crippen LogP contribution >= 0.6 is 11.3 Å². The molecule has 1 unspecified atom stereocenters. The minimum Gasteiger partial charge on any atom is -0.310 e. The van der Waals surface area contributed by atoms with Crippen LogP contribution in [0.4, 0.5) is 4.39 Å². The molecule has 1 N–H and O–H groups in total. The Bertz CT molecular complexity index is 470. The van der Waals surface area contributed by atoms with Gasteiger partial charge in [0.25, 0.3) is 0 Å². The Balaban J connectivity index is 2.03. The summed E-state index contributed by atoms with van der Waals surface area (Å²) in [6, 6.07) is 3.86. The predicted octanol–water partition coefficient (Wildman–Crippen LogP) is 3.57. The maximum absolute atomic E-state index is 13.2. The molecule has 0 bridgehead atoms. The van der Waals surface area contributed by atoms with Gasteiger partial charge in [0.2, 0.25) is 0 Å². The first kappa shape index (κ1) is 13.2. The van der Waals surface area contributed by atoms with Gasteiger partial charge >= 0.3 is 0 Å². The van der Waals surface area contributed by atoms with Gasteiger partial charge in [0.1, 0.15) is 5.82 Å². The first-order valence-corrected chi connectivity index (χ1v) is 7.08. The molecule has 4 heteroatoms. The molecule has 0 aliphatic heterocycles. The highest BCUT2D eigenvalue weighted by molar-refractivity contribution is 7.07. The smallest absolute Gasteiger partial charge is 0.141 e. The Kier molecular flexibility index (Phi) is 4.84. The molecule has 0 radical (unpaired) electrons. The highest BCUT2D eigenvalue weighted by Gasteiger charge is 2.11. The number of nitrogens with zero attached hydrogens (tertiary/aromatic N) is 1. The van der Waals surface area contributed by atoms with E-state index in [-0.39, 0.29) is 11.9 Å². The highest BCUT2D eigenvalue weighted by Crippen LogP contribution is 2.20. The average Bonchev–Trinajstić information content (AvgIpc) is 2.87. The van der Waals surface area contributed by atoms with Gasteiger partial charge in [-0.3, -0.25) is 4.98 Å². The van der Waals surface area contributed by atoms with Crippen LogP contribution in [0.1, 0.15) is 30.5 Å². The van der Waals surface area contributed by atoms with Gasteiger partial charge < -0.3 is 5.32 Å². The second-order valence-electron chi connectivity index (χ2n) is 4.22. The molecule has 2 rings (SSSR count). The van der Waals surface area contributed by atoms with Crippen molar-refractivity contribution in [1.82, 2.24) is 10.3 Å². The van der Waals surface area contributed by atoms with Crippen LogP contribution in [0, 0.1) is 5.82 Å². The first-order chi connectivity index (χ1) is 8.79. The molecule has 0 aliphatic carbocycles. The number of aromatic nitrogens is 1. The van der Waals surface area contributed by atoms with Gasteiger partial charge in [-0.25, -0.2) is 4.39 Å². The Hall–Kier alpha value is -1.26. The Morgan fingerprint density at radius 3 is 3.00 bits per heavy atom. The van der Waals surface area contributed by atoms with Crippen LogP contribution in [0.25, 0.3) is 0 Å². The van der Waals surface area contributed by atoms with Gasteiger partial charge in [0.05, 0.1) is 6.20 Å². The lowest BCUT2D eigenvalue weighted by molar-refractivity contribution is 0.509. The van der Waals surface area contributed by atoms with Crippen molar-refractivity contribution in [3.8, 4) is 0 Å². The van der Waals surface area contributed by atoms with Crippen molar-refractivity contribution < 1.29 is 4.39 Å². The number of hydrogen-bond donors (Lipinski definition) is 1. The number of pyridine rings is 1. The zero-order chi connectivity index (χ0) is 12.8. The molecule has 0 spiro atoms. The van der Waals surface area contributed by atoms with E-state index in [2.05, 4.69) is 34.1 Å². The molecule has 0 amide bonds. The minimum absolute atomic E-state index is 0.165. The third-order valence-electron chi connectivity index (χ3n) is 2.88.